The van der Waals surface area contributed by atoms with E-state index in [1.165, 1.54) is 33.0 Å². The van der Waals surface area contributed by atoms with E-state index in [1.54, 1.807) is 6.08 Å². The van der Waals surface area contributed by atoms with Crippen molar-refractivity contribution in [3.05, 3.63) is 206 Å². The van der Waals surface area contributed by atoms with E-state index in [0.717, 1.165) is 55.7 Å². The minimum atomic E-state index is 0.893. The molecule has 0 aliphatic rings. The minimum absolute atomic E-state index is 0.893. The molecule has 8 aromatic carbocycles. The number of allylic oxidation sites excluding steroid dienone is 2. The van der Waals surface area contributed by atoms with Gasteiger partial charge in [0.05, 0.1) is 5.69 Å². The van der Waals surface area contributed by atoms with E-state index >= 15 is 0 Å². The molecule has 2 heteroatoms. The molecule has 9 aromatic rings. The van der Waals surface area contributed by atoms with Gasteiger partial charge in [0.15, 0.2) is 0 Å². The third-order valence-electron chi connectivity index (χ3n) is 9.80. The highest BCUT2D eigenvalue weighted by atomic mass is 16.3. The first-order valence-corrected chi connectivity index (χ1v) is 17.6. The summed E-state index contributed by atoms with van der Waals surface area (Å²) in [6.07, 6.45) is 5.84. The van der Waals surface area contributed by atoms with Gasteiger partial charge in [0.1, 0.15) is 11.2 Å². The second-order valence-electron chi connectivity index (χ2n) is 13.0. The van der Waals surface area contributed by atoms with Crippen molar-refractivity contribution in [3.63, 3.8) is 0 Å². The standard InChI is InChI=1S/C50H35NO/c1-2-3-12-35-13-11-16-39(31-35)38-23-21-36(22-24-38)37-25-28-44(29-26-37)51(43-17-5-4-6-18-43)48-20-10-9-19-45(48)42-27-30-49-46(33-42)47-32-40-14-7-8-15-41(40)34-50(47)52-49/h2-34H,1H2/b12-3-. The highest BCUT2D eigenvalue weighted by molar-refractivity contribution is 6.11. The molecule has 52 heavy (non-hydrogen) atoms. The van der Waals surface area contributed by atoms with Crippen molar-refractivity contribution < 1.29 is 4.42 Å². The molecule has 0 bridgehead atoms. The molecule has 0 radical (unpaired) electrons. The van der Waals surface area contributed by atoms with Gasteiger partial charge in [0.25, 0.3) is 0 Å². The molecule has 0 N–H and O–H groups in total. The zero-order valence-electron chi connectivity index (χ0n) is 28.6. The van der Waals surface area contributed by atoms with Gasteiger partial charge in [0, 0.05) is 27.7 Å². The first kappa shape index (κ1) is 31.1. The monoisotopic (exact) mass is 665 g/mol. The molecule has 1 aromatic heterocycles. The van der Waals surface area contributed by atoms with Crippen molar-refractivity contribution in [1.29, 1.82) is 0 Å². The first-order valence-electron chi connectivity index (χ1n) is 17.6. The number of anilines is 3. The Hall–Kier alpha value is -6.90. The van der Waals surface area contributed by atoms with Crippen molar-refractivity contribution in [3.8, 4) is 33.4 Å². The number of furan rings is 1. The van der Waals surface area contributed by atoms with Gasteiger partial charge in [-0.25, -0.2) is 0 Å². The Morgan fingerprint density at radius 3 is 1.83 bits per heavy atom. The van der Waals surface area contributed by atoms with Crippen LogP contribution in [0.4, 0.5) is 17.1 Å². The maximum atomic E-state index is 6.35. The van der Waals surface area contributed by atoms with Crippen LogP contribution in [-0.4, -0.2) is 0 Å². The minimum Gasteiger partial charge on any atom is -0.456 e. The maximum Gasteiger partial charge on any atom is 0.136 e. The average Bonchev–Trinajstić information content (AvgIpc) is 3.57. The molecule has 1 heterocycles. The SMILES string of the molecule is C=C/C=C\c1cccc(-c2ccc(-c3ccc(N(c4ccccc4)c4ccccc4-c4ccc5oc6cc7ccccc7cc6c5c4)cc3)cc2)c1. The predicted molar refractivity (Wildman–Crippen MR) is 221 cm³/mol. The molecule has 9 rings (SSSR count). The lowest BCUT2D eigenvalue weighted by molar-refractivity contribution is 0.669. The number of rotatable bonds is 8. The molecule has 0 saturated heterocycles. The van der Waals surface area contributed by atoms with Gasteiger partial charge < -0.3 is 9.32 Å². The fourth-order valence-corrected chi connectivity index (χ4v) is 7.21. The molecule has 246 valence electrons. The van der Waals surface area contributed by atoms with Crippen LogP contribution in [0.1, 0.15) is 5.56 Å². The van der Waals surface area contributed by atoms with Gasteiger partial charge in [-0.3, -0.25) is 0 Å². The number of hydrogen-bond donors (Lipinski definition) is 0. The maximum absolute atomic E-state index is 6.35. The Morgan fingerprint density at radius 1 is 0.442 bits per heavy atom. The summed E-state index contributed by atoms with van der Waals surface area (Å²) in [5, 5.41) is 4.64. The van der Waals surface area contributed by atoms with Crippen LogP contribution >= 0.6 is 0 Å². The van der Waals surface area contributed by atoms with Crippen LogP contribution in [0.15, 0.2) is 205 Å². The second kappa shape index (κ2) is 13.4. The van der Waals surface area contributed by atoms with Crippen LogP contribution in [0.3, 0.4) is 0 Å². The average molecular weight is 666 g/mol. The van der Waals surface area contributed by atoms with E-state index in [-0.39, 0.29) is 0 Å². The summed E-state index contributed by atoms with van der Waals surface area (Å²) in [4.78, 5) is 2.35. The van der Waals surface area contributed by atoms with E-state index in [1.807, 2.05) is 6.08 Å². The van der Waals surface area contributed by atoms with Gasteiger partial charge in [-0.1, -0.05) is 146 Å². The lowest BCUT2D eigenvalue weighted by Gasteiger charge is -2.28. The third kappa shape index (κ3) is 5.87. The van der Waals surface area contributed by atoms with Crippen molar-refractivity contribution in [2.45, 2.75) is 0 Å². The largest absolute Gasteiger partial charge is 0.456 e. The Morgan fingerprint density at radius 2 is 1.06 bits per heavy atom. The summed E-state index contributed by atoms with van der Waals surface area (Å²) in [5.41, 5.74) is 13.3. The van der Waals surface area contributed by atoms with Crippen molar-refractivity contribution in [1.82, 2.24) is 0 Å². The van der Waals surface area contributed by atoms with Crippen LogP contribution in [0.2, 0.25) is 0 Å². The summed E-state index contributed by atoms with van der Waals surface area (Å²) < 4.78 is 6.35. The zero-order chi connectivity index (χ0) is 34.9. The van der Waals surface area contributed by atoms with E-state index in [4.69, 9.17) is 4.42 Å². The lowest BCUT2D eigenvalue weighted by atomic mass is 9.98. The Balaban J connectivity index is 1.08. The summed E-state index contributed by atoms with van der Waals surface area (Å²) in [6, 6.07) is 64.9. The smallest absolute Gasteiger partial charge is 0.136 e. The Kier molecular flexibility index (Phi) is 8.03. The molecule has 0 aliphatic heterocycles. The third-order valence-corrected chi connectivity index (χ3v) is 9.80. The summed E-state index contributed by atoms with van der Waals surface area (Å²) in [6.45, 7) is 3.79. The summed E-state index contributed by atoms with van der Waals surface area (Å²) in [7, 11) is 0. The highest BCUT2D eigenvalue weighted by Crippen LogP contribution is 2.43. The van der Waals surface area contributed by atoms with Crippen molar-refractivity contribution in [2.24, 2.45) is 0 Å². The van der Waals surface area contributed by atoms with E-state index in [0.29, 0.717) is 0 Å². The summed E-state index contributed by atoms with van der Waals surface area (Å²) in [5.74, 6) is 0. The van der Waals surface area contributed by atoms with E-state index < -0.39 is 0 Å². The normalized spacial score (nSPS) is 11.5. The van der Waals surface area contributed by atoms with Crippen molar-refractivity contribution >= 4 is 55.8 Å². The second-order valence-corrected chi connectivity index (χ2v) is 13.0. The zero-order valence-corrected chi connectivity index (χ0v) is 28.6. The van der Waals surface area contributed by atoms with Gasteiger partial charge in [0.2, 0.25) is 0 Å². The molecule has 0 amide bonds. The number of hydrogen-bond acceptors (Lipinski definition) is 2. The highest BCUT2D eigenvalue weighted by Gasteiger charge is 2.18. The quantitative estimate of drug-likeness (QED) is 0.150. The first-order chi connectivity index (χ1) is 25.7. The van der Waals surface area contributed by atoms with Gasteiger partial charge in [-0.05, 0) is 105 Å². The molecule has 0 saturated carbocycles. The van der Waals surface area contributed by atoms with Gasteiger partial charge in [-0.2, -0.15) is 0 Å². The number of para-hydroxylation sites is 2. The fraction of sp³-hybridized carbons (Fsp3) is 0. The molecule has 0 atom stereocenters. The van der Waals surface area contributed by atoms with Crippen LogP contribution in [0.5, 0.6) is 0 Å². The van der Waals surface area contributed by atoms with E-state index in [2.05, 4.69) is 200 Å². The number of fused-ring (bicyclic) bond motifs is 4. The number of nitrogens with zero attached hydrogens (tertiary/aromatic N) is 1. The molecule has 2 nitrogen and oxygen atoms in total. The Bertz CT molecular complexity index is 2730. The van der Waals surface area contributed by atoms with Crippen LogP contribution in [0, 0.1) is 0 Å². The predicted octanol–water partition coefficient (Wildman–Crippen LogP) is 14.4. The van der Waals surface area contributed by atoms with Crippen molar-refractivity contribution in [2.75, 3.05) is 4.90 Å². The molecule has 0 spiro atoms. The Labute approximate surface area is 303 Å². The number of benzene rings is 8. The topological polar surface area (TPSA) is 16.4 Å². The van der Waals surface area contributed by atoms with Gasteiger partial charge >= 0.3 is 0 Å². The summed E-state index contributed by atoms with van der Waals surface area (Å²) >= 11 is 0. The van der Waals surface area contributed by atoms with Crippen LogP contribution < -0.4 is 4.90 Å². The van der Waals surface area contributed by atoms with Crippen LogP contribution in [0.25, 0.3) is 72.2 Å². The molecular formula is C50H35NO. The molecule has 0 unspecified atom stereocenters. The van der Waals surface area contributed by atoms with Crippen LogP contribution in [-0.2, 0) is 0 Å². The van der Waals surface area contributed by atoms with Gasteiger partial charge in [-0.15, -0.1) is 0 Å². The lowest BCUT2D eigenvalue weighted by Crippen LogP contribution is -2.11. The molecule has 0 aliphatic carbocycles. The fourth-order valence-electron chi connectivity index (χ4n) is 7.21. The van der Waals surface area contributed by atoms with E-state index in [9.17, 15) is 0 Å². The molecule has 0 fully saturated rings. The molecular weight excluding hydrogens is 631 g/mol.